The van der Waals surface area contributed by atoms with Crippen molar-refractivity contribution in [3.05, 3.63) is 60.2 Å². The van der Waals surface area contributed by atoms with Crippen LogP contribution in [-0.4, -0.2) is 86.6 Å². The largest absolute Gasteiger partial charge is 0.395 e. The molecule has 0 saturated carbocycles. The van der Waals surface area contributed by atoms with Gasteiger partial charge in [0.25, 0.3) is 0 Å². The molecule has 4 aliphatic rings. The van der Waals surface area contributed by atoms with E-state index in [4.69, 9.17) is 4.74 Å². The lowest BCUT2D eigenvalue weighted by molar-refractivity contribution is -0.155. The number of aliphatic hydroxyl groups excluding tert-OH is 1. The number of fused-ring (bicyclic) bond motifs is 2. The van der Waals surface area contributed by atoms with Gasteiger partial charge in [-0.3, -0.25) is 14.4 Å². The number of hydrogen-bond acceptors (Lipinski definition) is 5. The van der Waals surface area contributed by atoms with Crippen molar-refractivity contribution in [2.75, 3.05) is 26.2 Å². The minimum Gasteiger partial charge on any atom is -0.395 e. The molecule has 4 aliphatic heterocycles. The molecular formula is C28H35N3O5. The molecule has 8 nitrogen and oxygen atoms in total. The second-order valence-corrected chi connectivity index (χ2v) is 11.4. The van der Waals surface area contributed by atoms with E-state index in [1.54, 1.807) is 9.80 Å². The fourth-order valence-corrected chi connectivity index (χ4v) is 6.47. The summed E-state index contributed by atoms with van der Waals surface area (Å²) in [5.74, 6) is -2.37. The number of rotatable bonds is 4. The van der Waals surface area contributed by atoms with Crippen molar-refractivity contribution in [3.63, 3.8) is 0 Å². The van der Waals surface area contributed by atoms with Crippen LogP contribution in [0.5, 0.6) is 0 Å². The molecule has 1 unspecified atom stereocenters. The van der Waals surface area contributed by atoms with Gasteiger partial charge in [-0.25, -0.2) is 0 Å². The molecule has 1 aromatic rings. The molecule has 0 bridgehead atoms. The summed E-state index contributed by atoms with van der Waals surface area (Å²) in [5, 5.41) is 9.80. The van der Waals surface area contributed by atoms with Gasteiger partial charge >= 0.3 is 0 Å². The lowest BCUT2D eigenvalue weighted by atomic mass is 9.74. The fourth-order valence-electron chi connectivity index (χ4n) is 6.47. The van der Waals surface area contributed by atoms with E-state index < -0.39 is 34.6 Å². The summed E-state index contributed by atoms with van der Waals surface area (Å²) in [6, 6.07) is 8.80. The average molecular weight is 494 g/mol. The van der Waals surface area contributed by atoms with Crippen molar-refractivity contribution in [1.82, 2.24) is 14.7 Å². The molecule has 0 aromatic heterocycles. The maximum Gasteiger partial charge on any atom is 0.249 e. The molecule has 8 heteroatoms. The van der Waals surface area contributed by atoms with Crippen LogP contribution in [0, 0.1) is 11.8 Å². The van der Waals surface area contributed by atoms with Crippen molar-refractivity contribution in [1.29, 1.82) is 0 Å². The number of amides is 3. The number of carbonyl (C=O) groups is 3. The van der Waals surface area contributed by atoms with Gasteiger partial charge in [0.1, 0.15) is 11.6 Å². The number of nitrogens with zero attached hydrogens (tertiary/aromatic N) is 3. The lowest BCUT2D eigenvalue weighted by Crippen LogP contribution is -2.59. The average Bonchev–Trinajstić information content (AvgIpc) is 3.07. The number of likely N-dealkylation sites (tertiary alicyclic amines) is 1. The topological polar surface area (TPSA) is 90.4 Å². The summed E-state index contributed by atoms with van der Waals surface area (Å²) in [5.41, 5.74) is -1.82. The maximum atomic E-state index is 14.1. The van der Waals surface area contributed by atoms with Crippen LogP contribution in [-0.2, 0) is 25.7 Å². The molecule has 0 aliphatic carbocycles. The SMILES string of the molecule is CC(C)(C)N1CC=C[C@]23O[C@@]4(C)C=CCN(Cc5ccccc5)C(=O)[C@H]4[C@H]2C(=O)N(CCO)C3C1=O. The van der Waals surface area contributed by atoms with E-state index in [1.165, 1.54) is 4.90 Å². The molecule has 5 rings (SSSR count). The van der Waals surface area contributed by atoms with Gasteiger partial charge in [0, 0.05) is 31.7 Å². The van der Waals surface area contributed by atoms with E-state index >= 15 is 0 Å². The third kappa shape index (κ3) is 3.61. The van der Waals surface area contributed by atoms with Crippen LogP contribution in [0.3, 0.4) is 0 Å². The zero-order valence-electron chi connectivity index (χ0n) is 21.4. The first-order chi connectivity index (χ1) is 17.0. The Bertz CT molecular complexity index is 1130. The molecule has 2 saturated heterocycles. The van der Waals surface area contributed by atoms with Gasteiger partial charge in [0.15, 0.2) is 0 Å². The zero-order chi connectivity index (χ0) is 25.9. The summed E-state index contributed by atoms with van der Waals surface area (Å²) in [6.45, 7) is 8.63. The normalized spacial score (nSPS) is 34.0. The Balaban J connectivity index is 1.60. The summed E-state index contributed by atoms with van der Waals surface area (Å²) >= 11 is 0. The zero-order valence-corrected chi connectivity index (χ0v) is 21.4. The summed E-state index contributed by atoms with van der Waals surface area (Å²) in [6.07, 6.45) is 7.53. The molecular weight excluding hydrogens is 458 g/mol. The number of benzene rings is 1. The molecule has 2 fully saturated rings. The van der Waals surface area contributed by atoms with Gasteiger partial charge in [0.05, 0.1) is 24.0 Å². The summed E-state index contributed by atoms with van der Waals surface area (Å²) in [7, 11) is 0. The highest BCUT2D eigenvalue weighted by molar-refractivity contribution is 6.00. The van der Waals surface area contributed by atoms with Crippen molar-refractivity contribution in [2.45, 2.75) is 57.0 Å². The number of aliphatic hydroxyl groups is 1. The third-order valence-electron chi connectivity index (χ3n) is 8.01. The molecule has 5 atom stereocenters. The molecule has 192 valence electrons. The van der Waals surface area contributed by atoms with Crippen LogP contribution in [0.2, 0.25) is 0 Å². The second kappa shape index (κ2) is 8.56. The van der Waals surface area contributed by atoms with E-state index in [-0.39, 0.29) is 30.9 Å². The second-order valence-electron chi connectivity index (χ2n) is 11.4. The quantitative estimate of drug-likeness (QED) is 0.646. The van der Waals surface area contributed by atoms with Crippen LogP contribution >= 0.6 is 0 Å². The van der Waals surface area contributed by atoms with Gasteiger partial charge < -0.3 is 24.5 Å². The Morgan fingerprint density at radius 1 is 0.972 bits per heavy atom. The van der Waals surface area contributed by atoms with Crippen LogP contribution in [0.25, 0.3) is 0 Å². The molecule has 3 amide bonds. The predicted molar refractivity (Wildman–Crippen MR) is 133 cm³/mol. The number of hydrogen-bond donors (Lipinski definition) is 1. The van der Waals surface area contributed by atoms with Crippen LogP contribution < -0.4 is 0 Å². The minimum absolute atomic E-state index is 0.00384. The van der Waals surface area contributed by atoms with Crippen LogP contribution in [0.15, 0.2) is 54.6 Å². The monoisotopic (exact) mass is 493 g/mol. The first-order valence-electron chi connectivity index (χ1n) is 12.6. The molecule has 1 spiro atoms. The fraction of sp³-hybridized carbons (Fsp3) is 0.536. The lowest BCUT2D eigenvalue weighted by Gasteiger charge is -2.41. The van der Waals surface area contributed by atoms with Crippen LogP contribution in [0.1, 0.15) is 33.3 Å². The first kappa shape index (κ1) is 24.7. The molecule has 0 radical (unpaired) electrons. The Morgan fingerprint density at radius 3 is 2.33 bits per heavy atom. The third-order valence-corrected chi connectivity index (χ3v) is 8.01. The van der Waals surface area contributed by atoms with Gasteiger partial charge in [-0.15, -0.1) is 0 Å². The Morgan fingerprint density at radius 2 is 1.67 bits per heavy atom. The predicted octanol–water partition coefficient (Wildman–Crippen LogP) is 1.75. The smallest absolute Gasteiger partial charge is 0.249 e. The van der Waals surface area contributed by atoms with E-state index in [2.05, 4.69) is 0 Å². The van der Waals surface area contributed by atoms with Gasteiger partial charge in [-0.2, -0.15) is 0 Å². The number of β-amino-alcohol motifs (C(OH)–C–C–N with tert-alkyl or cyclic N) is 1. The number of carbonyl (C=O) groups excluding carboxylic acids is 3. The highest BCUT2D eigenvalue weighted by Gasteiger charge is 2.74. The molecule has 1 N–H and O–H groups in total. The Hall–Kier alpha value is -2.97. The highest BCUT2D eigenvalue weighted by atomic mass is 16.5. The van der Waals surface area contributed by atoms with E-state index in [9.17, 15) is 19.5 Å². The van der Waals surface area contributed by atoms with Crippen molar-refractivity contribution < 1.29 is 24.2 Å². The van der Waals surface area contributed by atoms with E-state index in [1.807, 2.05) is 82.3 Å². The first-order valence-corrected chi connectivity index (χ1v) is 12.6. The summed E-state index contributed by atoms with van der Waals surface area (Å²) in [4.78, 5) is 47.1. The van der Waals surface area contributed by atoms with Crippen LogP contribution in [0.4, 0.5) is 0 Å². The molecule has 4 heterocycles. The minimum atomic E-state index is -1.29. The Kier molecular flexibility index (Phi) is 5.87. The van der Waals surface area contributed by atoms with Crippen molar-refractivity contribution >= 4 is 17.7 Å². The standard InChI is InChI=1S/C28H35N3O5/c1-26(2,3)31-15-9-13-28-21(24(34)30(16-17-32)22(28)25(31)35)20-23(33)29(14-8-12-27(20,4)36-28)18-19-10-6-5-7-11-19/h5-13,20-22,32H,14-18H2,1-4H3/t20-,21+,22?,27+,28+/m1/s1. The van der Waals surface area contributed by atoms with Gasteiger partial charge in [-0.1, -0.05) is 54.6 Å². The van der Waals surface area contributed by atoms with Gasteiger partial charge in [-0.05, 0) is 33.3 Å². The Labute approximate surface area is 212 Å². The van der Waals surface area contributed by atoms with E-state index in [0.29, 0.717) is 19.6 Å². The molecule has 36 heavy (non-hydrogen) atoms. The highest BCUT2D eigenvalue weighted by Crippen LogP contribution is 2.57. The maximum absolute atomic E-state index is 14.1. The summed E-state index contributed by atoms with van der Waals surface area (Å²) < 4.78 is 6.76. The van der Waals surface area contributed by atoms with Crippen molar-refractivity contribution in [2.24, 2.45) is 11.8 Å². The number of ether oxygens (including phenoxy) is 1. The van der Waals surface area contributed by atoms with Gasteiger partial charge in [0.2, 0.25) is 17.7 Å². The van der Waals surface area contributed by atoms with Crippen molar-refractivity contribution in [3.8, 4) is 0 Å². The van der Waals surface area contributed by atoms with E-state index in [0.717, 1.165) is 5.56 Å². The molecule has 1 aromatic carbocycles.